The Hall–Kier alpha value is -1.55. The van der Waals surface area contributed by atoms with Crippen molar-refractivity contribution in [1.82, 2.24) is 4.90 Å². The minimum Gasteiger partial charge on any atom is -0.370 e. The zero-order valence-electron chi connectivity index (χ0n) is 14.4. The van der Waals surface area contributed by atoms with Gasteiger partial charge in [0.1, 0.15) is 0 Å². The monoisotopic (exact) mass is 303 g/mol. The van der Waals surface area contributed by atoms with E-state index in [1.54, 1.807) is 0 Å². The van der Waals surface area contributed by atoms with Crippen LogP contribution in [0.25, 0.3) is 0 Å². The van der Waals surface area contributed by atoms with E-state index in [1.807, 2.05) is 0 Å². The molecule has 1 unspecified atom stereocenters. The van der Waals surface area contributed by atoms with Gasteiger partial charge in [0.2, 0.25) is 5.91 Å². The van der Waals surface area contributed by atoms with Gasteiger partial charge in [-0.1, -0.05) is 17.7 Å². The summed E-state index contributed by atoms with van der Waals surface area (Å²) in [6, 6.07) is 5.04. The lowest BCUT2D eigenvalue weighted by Crippen LogP contribution is -2.52. The number of rotatable bonds is 5. The average Bonchev–Trinajstić information content (AvgIpc) is 2.39. The fourth-order valence-electron chi connectivity index (χ4n) is 3.66. The van der Waals surface area contributed by atoms with Crippen molar-refractivity contribution in [1.29, 1.82) is 0 Å². The van der Waals surface area contributed by atoms with Crippen LogP contribution in [0.5, 0.6) is 0 Å². The van der Waals surface area contributed by atoms with E-state index >= 15 is 0 Å². The predicted molar refractivity (Wildman–Crippen MR) is 92.3 cm³/mol. The van der Waals surface area contributed by atoms with Crippen LogP contribution < -0.4 is 10.6 Å². The number of hydrogen-bond acceptors (Lipinski definition) is 3. The van der Waals surface area contributed by atoms with Gasteiger partial charge in [-0.15, -0.1) is 0 Å². The summed E-state index contributed by atoms with van der Waals surface area (Å²) in [7, 11) is 0. The molecular weight excluding hydrogens is 274 g/mol. The first kappa shape index (κ1) is 16.8. The third-order valence-corrected chi connectivity index (χ3v) is 4.59. The van der Waals surface area contributed by atoms with E-state index in [0.29, 0.717) is 12.5 Å². The fraction of sp³-hybridized carbons (Fsp3) is 0.611. The summed E-state index contributed by atoms with van der Waals surface area (Å²) in [6.45, 7) is 12.9. The number of nitrogens with two attached hydrogens (primary N) is 1. The number of benzene rings is 1. The lowest BCUT2D eigenvalue weighted by molar-refractivity contribution is -0.118. The number of carbonyl (C=O) groups is 1. The molecule has 0 aliphatic carbocycles. The maximum atomic E-state index is 10.9. The highest BCUT2D eigenvalue weighted by Crippen LogP contribution is 2.28. The molecular formula is C18H29N3O. The first-order chi connectivity index (χ1) is 10.4. The van der Waals surface area contributed by atoms with E-state index in [0.717, 1.165) is 32.6 Å². The Morgan fingerprint density at radius 3 is 2.41 bits per heavy atom. The normalized spacial score (nSPS) is 19.5. The number of hydrogen-bond donors (Lipinski definition) is 1. The molecule has 1 fully saturated rings. The number of nitrogens with zero attached hydrogens (tertiary/aromatic N) is 2. The molecule has 22 heavy (non-hydrogen) atoms. The van der Waals surface area contributed by atoms with E-state index < -0.39 is 0 Å². The van der Waals surface area contributed by atoms with E-state index in [4.69, 9.17) is 5.73 Å². The van der Waals surface area contributed by atoms with Gasteiger partial charge in [-0.05, 0) is 51.8 Å². The van der Waals surface area contributed by atoms with Crippen LogP contribution in [0.2, 0.25) is 0 Å². The van der Waals surface area contributed by atoms with Crippen LogP contribution in [0.15, 0.2) is 12.1 Å². The van der Waals surface area contributed by atoms with Crippen LogP contribution in [-0.2, 0) is 4.79 Å². The van der Waals surface area contributed by atoms with Crippen LogP contribution in [-0.4, -0.2) is 43.0 Å². The molecule has 1 aromatic carbocycles. The van der Waals surface area contributed by atoms with E-state index in [-0.39, 0.29) is 5.91 Å². The van der Waals surface area contributed by atoms with Crippen LogP contribution in [0.1, 0.15) is 36.5 Å². The molecule has 1 aliphatic rings. The quantitative estimate of drug-likeness (QED) is 0.908. The Bertz CT molecular complexity index is 518. The molecule has 1 amide bonds. The van der Waals surface area contributed by atoms with Crippen molar-refractivity contribution in [2.75, 3.05) is 31.1 Å². The average molecular weight is 303 g/mol. The highest BCUT2D eigenvalue weighted by molar-refractivity contribution is 5.73. The van der Waals surface area contributed by atoms with Gasteiger partial charge >= 0.3 is 0 Å². The van der Waals surface area contributed by atoms with Gasteiger partial charge < -0.3 is 10.6 Å². The maximum absolute atomic E-state index is 10.9. The zero-order chi connectivity index (χ0) is 16.3. The number of aryl methyl sites for hydroxylation is 3. The van der Waals surface area contributed by atoms with Crippen molar-refractivity contribution in [2.45, 2.75) is 46.6 Å². The largest absolute Gasteiger partial charge is 0.370 e. The van der Waals surface area contributed by atoms with Gasteiger partial charge in [0.05, 0.1) is 0 Å². The Morgan fingerprint density at radius 1 is 1.23 bits per heavy atom. The van der Waals surface area contributed by atoms with Crippen LogP contribution in [0.4, 0.5) is 5.69 Å². The first-order valence-corrected chi connectivity index (χ1v) is 8.23. The topological polar surface area (TPSA) is 49.6 Å². The van der Waals surface area contributed by atoms with Crippen molar-refractivity contribution in [3.8, 4) is 0 Å². The lowest BCUT2D eigenvalue weighted by Gasteiger charge is -2.42. The summed E-state index contributed by atoms with van der Waals surface area (Å²) in [5, 5.41) is 0. The first-order valence-electron chi connectivity index (χ1n) is 8.23. The molecule has 0 aromatic heterocycles. The summed E-state index contributed by atoms with van der Waals surface area (Å²) in [4.78, 5) is 15.8. The standard InChI is InChI=1S/C18H29N3O/c1-13-10-14(2)18(15(3)11-13)21-9-8-20(16(4)12-21)7-5-6-17(19)22/h10-11,16H,5-9,12H2,1-4H3,(H2,19,22). The third kappa shape index (κ3) is 4.01. The molecule has 1 atom stereocenters. The Kier molecular flexibility index (Phi) is 5.46. The summed E-state index contributed by atoms with van der Waals surface area (Å²) in [5.74, 6) is -0.197. The van der Waals surface area contributed by atoms with Gasteiger partial charge in [0, 0.05) is 37.8 Å². The number of piperazine rings is 1. The Balaban J connectivity index is 1.99. The second kappa shape index (κ2) is 7.14. The SMILES string of the molecule is Cc1cc(C)c(N2CCN(CCCC(N)=O)C(C)C2)c(C)c1. The lowest BCUT2D eigenvalue weighted by atomic mass is 10.0. The van der Waals surface area contributed by atoms with Gasteiger partial charge in [-0.25, -0.2) is 0 Å². The Labute approximate surface area is 134 Å². The van der Waals surface area contributed by atoms with E-state index in [2.05, 4.69) is 49.6 Å². The minimum absolute atomic E-state index is 0.197. The number of anilines is 1. The molecule has 4 nitrogen and oxygen atoms in total. The van der Waals surface area contributed by atoms with Crippen molar-refractivity contribution in [2.24, 2.45) is 5.73 Å². The highest BCUT2D eigenvalue weighted by Gasteiger charge is 2.25. The molecule has 0 radical (unpaired) electrons. The van der Waals surface area contributed by atoms with Gasteiger partial charge in [0.15, 0.2) is 0 Å². The molecule has 1 aliphatic heterocycles. The van der Waals surface area contributed by atoms with Crippen LogP contribution in [0, 0.1) is 20.8 Å². The predicted octanol–water partition coefficient (Wildman–Crippen LogP) is 2.39. The molecule has 0 saturated carbocycles. The summed E-state index contributed by atoms with van der Waals surface area (Å²) < 4.78 is 0. The zero-order valence-corrected chi connectivity index (χ0v) is 14.4. The van der Waals surface area contributed by atoms with Gasteiger partial charge in [-0.2, -0.15) is 0 Å². The molecule has 1 aromatic rings. The number of primary amides is 1. The number of carbonyl (C=O) groups excluding carboxylic acids is 1. The molecule has 2 N–H and O–H groups in total. The van der Waals surface area contributed by atoms with Crippen LogP contribution in [0.3, 0.4) is 0 Å². The third-order valence-electron chi connectivity index (χ3n) is 4.59. The molecule has 0 spiro atoms. The van der Waals surface area contributed by atoms with Gasteiger partial charge in [-0.3, -0.25) is 9.69 Å². The summed E-state index contributed by atoms with van der Waals surface area (Å²) in [5.41, 5.74) is 10.7. The minimum atomic E-state index is -0.197. The molecule has 4 heteroatoms. The molecule has 122 valence electrons. The van der Waals surface area contributed by atoms with E-state index in [1.165, 1.54) is 22.4 Å². The molecule has 0 bridgehead atoms. The second-order valence-electron chi connectivity index (χ2n) is 6.65. The van der Waals surface area contributed by atoms with Crippen LogP contribution >= 0.6 is 0 Å². The van der Waals surface area contributed by atoms with Crippen molar-refractivity contribution >= 4 is 11.6 Å². The summed E-state index contributed by atoms with van der Waals surface area (Å²) in [6.07, 6.45) is 1.35. The van der Waals surface area contributed by atoms with Crippen molar-refractivity contribution in [3.05, 3.63) is 28.8 Å². The maximum Gasteiger partial charge on any atom is 0.217 e. The highest BCUT2D eigenvalue weighted by atomic mass is 16.1. The summed E-state index contributed by atoms with van der Waals surface area (Å²) >= 11 is 0. The van der Waals surface area contributed by atoms with Crippen molar-refractivity contribution < 1.29 is 4.79 Å². The molecule has 1 saturated heterocycles. The number of amides is 1. The van der Waals surface area contributed by atoms with Gasteiger partial charge in [0.25, 0.3) is 0 Å². The van der Waals surface area contributed by atoms with Crippen molar-refractivity contribution in [3.63, 3.8) is 0 Å². The Morgan fingerprint density at radius 2 is 1.86 bits per heavy atom. The second-order valence-corrected chi connectivity index (χ2v) is 6.65. The van der Waals surface area contributed by atoms with E-state index in [9.17, 15) is 4.79 Å². The fourth-order valence-corrected chi connectivity index (χ4v) is 3.66. The smallest absolute Gasteiger partial charge is 0.217 e. The molecule has 1 heterocycles. The molecule has 2 rings (SSSR count).